The van der Waals surface area contributed by atoms with E-state index in [4.69, 9.17) is 9.47 Å². The zero-order chi connectivity index (χ0) is 14.5. The molecule has 1 aromatic rings. The molecule has 0 aliphatic carbocycles. The summed E-state index contributed by atoms with van der Waals surface area (Å²) in [5, 5.41) is 14.0. The Morgan fingerprint density at radius 1 is 1.21 bits per heavy atom. The number of hydrogen-bond donors (Lipinski definition) is 2. The Labute approximate surface area is 115 Å². The first-order valence-electron chi connectivity index (χ1n) is 6.59. The smallest absolute Gasteiger partial charge is 0.128 e. The Kier molecular flexibility index (Phi) is 5.63. The maximum atomic E-state index is 10.7. The van der Waals surface area contributed by atoms with Crippen molar-refractivity contribution >= 4 is 0 Å². The third kappa shape index (κ3) is 4.11. The number of methoxy groups -OCH3 is 2. The van der Waals surface area contributed by atoms with Crippen LogP contribution >= 0.6 is 0 Å². The molecule has 0 bridgehead atoms. The number of ether oxygens (including phenoxy) is 2. The monoisotopic (exact) mass is 267 g/mol. The molecule has 0 heterocycles. The molecule has 0 aliphatic heterocycles. The van der Waals surface area contributed by atoms with Gasteiger partial charge in [-0.2, -0.15) is 0 Å². The summed E-state index contributed by atoms with van der Waals surface area (Å²) in [6, 6.07) is 5.92. The van der Waals surface area contributed by atoms with Crippen LogP contribution in [-0.4, -0.2) is 31.9 Å². The van der Waals surface area contributed by atoms with Gasteiger partial charge >= 0.3 is 0 Å². The molecule has 0 spiro atoms. The van der Waals surface area contributed by atoms with E-state index in [0.717, 1.165) is 6.54 Å². The summed E-state index contributed by atoms with van der Waals surface area (Å²) in [6.07, 6.45) is 0.585. The fraction of sp³-hybridized carbons (Fsp3) is 0.600. The molecule has 2 N–H and O–H groups in total. The van der Waals surface area contributed by atoms with Crippen LogP contribution in [0.25, 0.3) is 0 Å². The number of rotatable bonds is 7. The van der Waals surface area contributed by atoms with E-state index in [9.17, 15) is 5.11 Å². The van der Waals surface area contributed by atoms with E-state index >= 15 is 0 Å². The van der Waals surface area contributed by atoms with E-state index in [0.29, 0.717) is 29.5 Å². The lowest BCUT2D eigenvalue weighted by molar-refractivity contribution is 0.0424. The molecule has 1 atom stereocenters. The Hall–Kier alpha value is -1.26. The molecule has 0 saturated heterocycles. The summed E-state index contributed by atoms with van der Waals surface area (Å²) in [7, 11) is 3.20. The molecular formula is C15H25NO3. The highest BCUT2D eigenvalue weighted by Gasteiger charge is 2.30. The normalized spacial score (nSPS) is 14.3. The van der Waals surface area contributed by atoms with Gasteiger partial charge in [-0.1, -0.05) is 19.9 Å². The Balaban J connectivity index is 2.98. The van der Waals surface area contributed by atoms with Gasteiger partial charge < -0.3 is 19.9 Å². The summed E-state index contributed by atoms with van der Waals surface area (Å²) in [5.74, 6) is 1.29. The van der Waals surface area contributed by atoms with Gasteiger partial charge in [0.2, 0.25) is 0 Å². The topological polar surface area (TPSA) is 50.7 Å². The van der Waals surface area contributed by atoms with Gasteiger partial charge in [-0.15, -0.1) is 0 Å². The van der Waals surface area contributed by atoms with Crippen molar-refractivity contribution in [2.75, 3.05) is 20.8 Å². The van der Waals surface area contributed by atoms with Gasteiger partial charge in [0.1, 0.15) is 11.5 Å². The summed E-state index contributed by atoms with van der Waals surface area (Å²) in [5.41, 5.74) is -0.301. The predicted molar refractivity (Wildman–Crippen MR) is 76.9 cm³/mol. The zero-order valence-corrected chi connectivity index (χ0v) is 12.5. The fourth-order valence-corrected chi connectivity index (χ4v) is 2.11. The van der Waals surface area contributed by atoms with E-state index in [1.54, 1.807) is 21.1 Å². The van der Waals surface area contributed by atoms with E-state index in [1.807, 2.05) is 18.2 Å². The van der Waals surface area contributed by atoms with Crippen LogP contribution in [0.5, 0.6) is 11.5 Å². The lowest BCUT2D eigenvalue weighted by Crippen LogP contribution is -2.31. The first-order valence-corrected chi connectivity index (χ1v) is 6.59. The van der Waals surface area contributed by atoms with Crippen LogP contribution in [0.1, 0.15) is 32.8 Å². The highest BCUT2D eigenvalue weighted by Crippen LogP contribution is 2.39. The summed E-state index contributed by atoms with van der Waals surface area (Å²) in [6.45, 7) is 6.68. The Bertz CT molecular complexity index is 380. The molecule has 4 nitrogen and oxygen atoms in total. The largest absolute Gasteiger partial charge is 0.496 e. The van der Waals surface area contributed by atoms with Crippen molar-refractivity contribution in [2.45, 2.75) is 38.8 Å². The summed E-state index contributed by atoms with van der Waals surface area (Å²) >= 11 is 0. The van der Waals surface area contributed by atoms with Crippen molar-refractivity contribution in [1.29, 1.82) is 0 Å². The maximum absolute atomic E-state index is 10.7. The van der Waals surface area contributed by atoms with Crippen molar-refractivity contribution in [1.82, 2.24) is 5.32 Å². The number of nitrogens with one attached hydrogen (secondary N) is 1. The molecule has 108 valence electrons. The van der Waals surface area contributed by atoms with Crippen LogP contribution in [0.2, 0.25) is 0 Å². The van der Waals surface area contributed by atoms with Crippen LogP contribution in [0.15, 0.2) is 18.2 Å². The molecule has 1 unspecified atom stereocenters. The second-order valence-electron chi connectivity index (χ2n) is 5.17. The molecule has 0 saturated carbocycles. The third-order valence-corrected chi connectivity index (χ3v) is 3.13. The maximum Gasteiger partial charge on any atom is 0.128 e. The number of aliphatic hydroxyl groups is 1. The minimum absolute atomic E-state index is 0.398. The Morgan fingerprint density at radius 3 is 2.16 bits per heavy atom. The van der Waals surface area contributed by atoms with Crippen LogP contribution in [0.3, 0.4) is 0 Å². The average molecular weight is 267 g/mol. The number of hydrogen-bond acceptors (Lipinski definition) is 4. The SMILES string of the molecule is COc1cccc(OC)c1C(C)(O)CCNC(C)C. The molecule has 0 radical (unpaired) electrons. The van der Waals surface area contributed by atoms with Gasteiger partial charge in [-0.3, -0.25) is 0 Å². The molecule has 0 amide bonds. The van der Waals surface area contributed by atoms with Gasteiger partial charge in [-0.05, 0) is 32.0 Å². The molecule has 19 heavy (non-hydrogen) atoms. The lowest BCUT2D eigenvalue weighted by Gasteiger charge is -2.28. The molecule has 0 fully saturated rings. The van der Waals surface area contributed by atoms with Crippen molar-refractivity contribution in [3.8, 4) is 11.5 Å². The highest BCUT2D eigenvalue weighted by atomic mass is 16.5. The predicted octanol–water partition coefficient (Wildman–Crippen LogP) is 2.30. The van der Waals surface area contributed by atoms with Crippen molar-refractivity contribution in [3.63, 3.8) is 0 Å². The van der Waals surface area contributed by atoms with Crippen molar-refractivity contribution < 1.29 is 14.6 Å². The number of benzene rings is 1. The second-order valence-corrected chi connectivity index (χ2v) is 5.17. The zero-order valence-electron chi connectivity index (χ0n) is 12.5. The molecule has 0 aromatic heterocycles. The minimum Gasteiger partial charge on any atom is -0.496 e. The Morgan fingerprint density at radius 2 is 1.74 bits per heavy atom. The third-order valence-electron chi connectivity index (χ3n) is 3.13. The molecule has 1 rings (SSSR count). The van der Waals surface area contributed by atoms with Gasteiger partial charge in [-0.25, -0.2) is 0 Å². The quantitative estimate of drug-likeness (QED) is 0.796. The highest BCUT2D eigenvalue weighted by molar-refractivity contribution is 5.48. The van der Waals surface area contributed by atoms with Gasteiger partial charge in [0.25, 0.3) is 0 Å². The van der Waals surface area contributed by atoms with Crippen LogP contribution in [0.4, 0.5) is 0 Å². The van der Waals surface area contributed by atoms with Gasteiger partial charge in [0.15, 0.2) is 0 Å². The van der Waals surface area contributed by atoms with Crippen molar-refractivity contribution in [3.05, 3.63) is 23.8 Å². The first-order chi connectivity index (χ1) is 8.92. The van der Waals surface area contributed by atoms with E-state index in [2.05, 4.69) is 19.2 Å². The summed E-state index contributed by atoms with van der Waals surface area (Å²) < 4.78 is 10.7. The standard InChI is InChI=1S/C15H25NO3/c1-11(2)16-10-9-15(3,17)14-12(18-4)7-6-8-13(14)19-5/h6-8,11,16-17H,9-10H2,1-5H3. The van der Waals surface area contributed by atoms with E-state index < -0.39 is 5.60 Å². The fourth-order valence-electron chi connectivity index (χ4n) is 2.11. The second kappa shape index (κ2) is 6.78. The van der Waals surface area contributed by atoms with Crippen LogP contribution in [0, 0.1) is 0 Å². The molecular weight excluding hydrogens is 242 g/mol. The molecule has 1 aromatic carbocycles. The lowest BCUT2D eigenvalue weighted by atomic mass is 9.90. The van der Waals surface area contributed by atoms with E-state index in [-0.39, 0.29) is 0 Å². The molecule has 4 heteroatoms. The average Bonchev–Trinajstić information content (AvgIpc) is 2.36. The van der Waals surface area contributed by atoms with Crippen molar-refractivity contribution in [2.24, 2.45) is 0 Å². The van der Waals surface area contributed by atoms with Crippen LogP contribution in [-0.2, 0) is 5.60 Å². The van der Waals surface area contributed by atoms with Gasteiger partial charge in [0, 0.05) is 6.04 Å². The van der Waals surface area contributed by atoms with Crippen LogP contribution < -0.4 is 14.8 Å². The molecule has 0 aliphatic rings. The minimum atomic E-state index is -1.00. The van der Waals surface area contributed by atoms with E-state index in [1.165, 1.54) is 0 Å². The first kappa shape index (κ1) is 15.8. The summed E-state index contributed by atoms with van der Waals surface area (Å²) in [4.78, 5) is 0. The van der Waals surface area contributed by atoms with Gasteiger partial charge in [0.05, 0.1) is 25.4 Å².